The van der Waals surface area contributed by atoms with Crippen LogP contribution < -0.4 is 0 Å². The SMILES string of the molecule is CC1=C[C@@](C)(/C=C2\CCOC2=O)[C@H](c2ccc([N+](=O)[O-])cc2)C(C)=C1. The summed E-state index contributed by atoms with van der Waals surface area (Å²) in [5, 5.41) is 10.9. The number of nitrogens with zero attached hydrogens (tertiary/aromatic N) is 1. The second kappa shape index (κ2) is 6.31. The Morgan fingerprint density at radius 1 is 1.28 bits per heavy atom. The van der Waals surface area contributed by atoms with Gasteiger partial charge in [-0.3, -0.25) is 10.1 Å². The van der Waals surface area contributed by atoms with Crippen molar-refractivity contribution in [1.82, 2.24) is 0 Å². The van der Waals surface area contributed by atoms with Gasteiger partial charge in [-0.25, -0.2) is 4.79 Å². The molecular weight excluding hydrogens is 318 g/mol. The van der Waals surface area contributed by atoms with E-state index in [1.807, 2.05) is 13.0 Å². The van der Waals surface area contributed by atoms with Crippen LogP contribution in [0.15, 0.2) is 59.2 Å². The molecule has 0 saturated carbocycles. The molecule has 1 aliphatic heterocycles. The number of non-ortho nitro benzene ring substituents is 1. The molecule has 130 valence electrons. The predicted molar refractivity (Wildman–Crippen MR) is 95.1 cm³/mol. The minimum Gasteiger partial charge on any atom is -0.462 e. The fourth-order valence-corrected chi connectivity index (χ4v) is 4.04. The minimum atomic E-state index is -0.396. The minimum absolute atomic E-state index is 0.0119. The van der Waals surface area contributed by atoms with E-state index < -0.39 is 10.3 Å². The zero-order chi connectivity index (χ0) is 18.2. The molecule has 25 heavy (non-hydrogen) atoms. The quantitative estimate of drug-likeness (QED) is 0.353. The Morgan fingerprint density at radius 3 is 2.52 bits per heavy atom. The van der Waals surface area contributed by atoms with Crippen LogP contribution in [0.4, 0.5) is 5.69 Å². The predicted octanol–water partition coefficient (Wildman–Crippen LogP) is 4.46. The number of hydrogen-bond donors (Lipinski definition) is 0. The molecule has 1 fully saturated rings. The highest BCUT2D eigenvalue weighted by Gasteiger charge is 2.37. The van der Waals surface area contributed by atoms with Crippen molar-refractivity contribution in [2.75, 3.05) is 6.61 Å². The highest BCUT2D eigenvalue weighted by molar-refractivity contribution is 5.90. The van der Waals surface area contributed by atoms with E-state index in [0.29, 0.717) is 18.6 Å². The summed E-state index contributed by atoms with van der Waals surface area (Å²) < 4.78 is 5.07. The Balaban J connectivity index is 2.06. The molecular formula is C20H21NO4. The Bertz CT molecular complexity index is 817. The summed E-state index contributed by atoms with van der Waals surface area (Å²) in [6, 6.07) is 6.67. The number of hydrogen-bond acceptors (Lipinski definition) is 4. The van der Waals surface area contributed by atoms with Crippen LogP contribution in [0.5, 0.6) is 0 Å². The van der Waals surface area contributed by atoms with Gasteiger partial charge in [0.05, 0.1) is 11.5 Å². The van der Waals surface area contributed by atoms with Crippen molar-refractivity contribution in [2.24, 2.45) is 5.41 Å². The van der Waals surface area contributed by atoms with E-state index in [1.165, 1.54) is 17.7 Å². The summed E-state index contributed by atoms with van der Waals surface area (Å²) in [5.41, 5.74) is 3.69. The van der Waals surface area contributed by atoms with Crippen molar-refractivity contribution >= 4 is 11.7 Å². The van der Waals surface area contributed by atoms with Crippen LogP contribution in [-0.4, -0.2) is 17.5 Å². The van der Waals surface area contributed by atoms with Crippen LogP contribution >= 0.6 is 0 Å². The van der Waals surface area contributed by atoms with Gasteiger partial charge in [0.15, 0.2) is 0 Å². The van der Waals surface area contributed by atoms with Crippen LogP contribution in [-0.2, 0) is 9.53 Å². The molecule has 0 radical (unpaired) electrons. The third-order valence-electron chi connectivity index (χ3n) is 4.86. The lowest BCUT2D eigenvalue weighted by Crippen LogP contribution is -2.26. The summed E-state index contributed by atoms with van der Waals surface area (Å²) in [5.74, 6) is -0.236. The molecule has 3 rings (SSSR count). The summed E-state index contributed by atoms with van der Waals surface area (Å²) in [7, 11) is 0. The first-order valence-electron chi connectivity index (χ1n) is 8.31. The first-order chi connectivity index (χ1) is 11.8. The molecule has 5 heteroatoms. The van der Waals surface area contributed by atoms with Crippen LogP contribution in [0.25, 0.3) is 0 Å². The molecule has 0 spiro atoms. The Kier molecular flexibility index (Phi) is 4.33. The van der Waals surface area contributed by atoms with Gasteiger partial charge < -0.3 is 4.74 Å². The van der Waals surface area contributed by atoms with Gasteiger partial charge in [-0.15, -0.1) is 0 Å². The molecule has 0 aromatic heterocycles. The van der Waals surface area contributed by atoms with E-state index in [0.717, 1.165) is 11.1 Å². The average Bonchev–Trinajstić information content (AvgIpc) is 2.91. The maximum atomic E-state index is 11.9. The summed E-state index contributed by atoms with van der Waals surface area (Å²) >= 11 is 0. The number of nitro benzene ring substituents is 1. The molecule has 2 atom stereocenters. The Hall–Kier alpha value is -2.69. The molecule has 0 N–H and O–H groups in total. The number of rotatable bonds is 3. The molecule has 0 amide bonds. The molecule has 1 saturated heterocycles. The molecule has 0 bridgehead atoms. The van der Waals surface area contributed by atoms with E-state index >= 15 is 0 Å². The number of benzene rings is 1. The number of carbonyl (C=O) groups is 1. The number of allylic oxidation sites excluding steroid dienone is 5. The maximum absolute atomic E-state index is 11.9. The van der Waals surface area contributed by atoms with Gasteiger partial charge in [0.2, 0.25) is 0 Å². The van der Waals surface area contributed by atoms with Gasteiger partial charge in [0.1, 0.15) is 0 Å². The van der Waals surface area contributed by atoms with Gasteiger partial charge in [0.25, 0.3) is 5.69 Å². The van der Waals surface area contributed by atoms with E-state index in [1.54, 1.807) is 12.1 Å². The molecule has 1 heterocycles. The van der Waals surface area contributed by atoms with Crippen molar-refractivity contribution in [3.05, 3.63) is 74.9 Å². The van der Waals surface area contributed by atoms with Crippen LogP contribution in [0, 0.1) is 15.5 Å². The van der Waals surface area contributed by atoms with Crippen LogP contribution in [0.2, 0.25) is 0 Å². The lowest BCUT2D eigenvalue weighted by atomic mass is 9.65. The molecule has 1 aromatic carbocycles. The van der Waals surface area contributed by atoms with Gasteiger partial charge in [-0.2, -0.15) is 0 Å². The molecule has 1 aromatic rings. The zero-order valence-electron chi connectivity index (χ0n) is 14.6. The third kappa shape index (κ3) is 3.27. The van der Waals surface area contributed by atoms with Crippen molar-refractivity contribution in [1.29, 1.82) is 0 Å². The number of nitro groups is 1. The number of esters is 1. The van der Waals surface area contributed by atoms with Crippen molar-refractivity contribution in [3.63, 3.8) is 0 Å². The monoisotopic (exact) mass is 339 g/mol. The number of cyclic esters (lactones) is 1. The number of carbonyl (C=O) groups excluding carboxylic acids is 1. The van der Waals surface area contributed by atoms with E-state index in [-0.39, 0.29) is 17.6 Å². The maximum Gasteiger partial charge on any atom is 0.333 e. The molecule has 2 aliphatic rings. The smallest absolute Gasteiger partial charge is 0.333 e. The topological polar surface area (TPSA) is 69.4 Å². The van der Waals surface area contributed by atoms with Crippen molar-refractivity contribution in [2.45, 2.75) is 33.1 Å². The standard InChI is InChI=1S/C20H21NO4/c1-13-10-14(2)18(15-4-6-17(7-5-15)21(23)24)20(3,11-13)12-16-8-9-25-19(16)22/h4-7,10-12,18H,8-9H2,1-3H3/b16-12+/t18-,20-/m0/s1. The summed E-state index contributed by atoms with van der Waals surface area (Å²) in [4.78, 5) is 22.4. The van der Waals surface area contributed by atoms with Gasteiger partial charge >= 0.3 is 5.97 Å². The fraction of sp³-hybridized carbons (Fsp3) is 0.350. The molecule has 5 nitrogen and oxygen atoms in total. The zero-order valence-corrected chi connectivity index (χ0v) is 14.6. The summed E-state index contributed by atoms with van der Waals surface area (Å²) in [6.07, 6.45) is 6.91. The fourth-order valence-electron chi connectivity index (χ4n) is 4.04. The van der Waals surface area contributed by atoms with Gasteiger partial charge in [0, 0.05) is 35.5 Å². The van der Waals surface area contributed by atoms with Crippen molar-refractivity contribution in [3.8, 4) is 0 Å². The van der Waals surface area contributed by atoms with Gasteiger partial charge in [-0.05, 0) is 19.4 Å². The van der Waals surface area contributed by atoms with Crippen LogP contribution in [0.3, 0.4) is 0 Å². The largest absolute Gasteiger partial charge is 0.462 e. The first kappa shape index (κ1) is 17.1. The average molecular weight is 339 g/mol. The third-order valence-corrected chi connectivity index (χ3v) is 4.86. The number of ether oxygens (including phenoxy) is 1. The Morgan fingerprint density at radius 2 is 1.96 bits per heavy atom. The Labute approximate surface area is 146 Å². The van der Waals surface area contributed by atoms with E-state index in [2.05, 4.69) is 26.0 Å². The van der Waals surface area contributed by atoms with E-state index in [4.69, 9.17) is 4.74 Å². The summed E-state index contributed by atoms with van der Waals surface area (Å²) in [6.45, 7) is 6.63. The van der Waals surface area contributed by atoms with Crippen LogP contribution in [0.1, 0.15) is 38.7 Å². The highest BCUT2D eigenvalue weighted by Crippen LogP contribution is 2.48. The second-order valence-electron chi connectivity index (χ2n) is 6.98. The molecule has 1 aliphatic carbocycles. The first-order valence-corrected chi connectivity index (χ1v) is 8.31. The normalized spacial score (nSPS) is 27.7. The lowest BCUT2D eigenvalue weighted by molar-refractivity contribution is -0.384. The lowest BCUT2D eigenvalue weighted by Gasteiger charge is -2.38. The second-order valence-corrected chi connectivity index (χ2v) is 6.98. The molecule has 0 unspecified atom stereocenters. The van der Waals surface area contributed by atoms with Gasteiger partial charge in [-0.1, -0.05) is 48.4 Å². The van der Waals surface area contributed by atoms with Crippen molar-refractivity contribution < 1.29 is 14.5 Å². The van der Waals surface area contributed by atoms with E-state index in [9.17, 15) is 14.9 Å². The highest BCUT2D eigenvalue weighted by atomic mass is 16.6.